The molecule has 3 aliphatic rings. The Labute approximate surface area is 134 Å². The van der Waals surface area contributed by atoms with Crippen molar-refractivity contribution in [2.75, 3.05) is 6.54 Å². The molecule has 1 aliphatic carbocycles. The van der Waals surface area contributed by atoms with Gasteiger partial charge < -0.3 is 10.2 Å². The summed E-state index contributed by atoms with van der Waals surface area (Å²) >= 11 is 0. The van der Waals surface area contributed by atoms with Crippen LogP contribution >= 0.6 is 0 Å². The Morgan fingerprint density at radius 3 is 2.78 bits per heavy atom. The lowest BCUT2D eigenvalue weighted by Gasteiger charge is -2.25. The minimum atomic E-state index is -0.587. The van der Waals surface area contributed by atoms with Gasteiger partial charge in [0.1, 0.15) is 6.04 Å². The first-order valence-corrected chi connectivity index (χ1v) is 8.19. The van der Waals surface area contributed by atoms with Crippen LogP contribution in [0.15, 0.2) is 24.3 Å². The molecule has 5 amide bonds. The number of carbonyl (C=O) groups is 3. The van der Waals surface area contributed by atoms with E-state index >= 15 is 0 Å². The fraction of sp³-hybridized carbons (Fsp3) is 0.471. The molecule has 0 radical (unpaired) electrons. The molecule has 1 aromatic carbocycles. The van der Waals surface area contributed by atoms with E-state index in [9.17, 15) is 14.4 Å². The zero-order chi connectivity index (χ0) is 16.0. The molecular weight excluding hydrogens is 294 g/mol. The van der Waals surface area contributed by atoms with Gasteiger partial charge in [0.2, 0.25) is 0 Å². The van der Waals surface area contributed by atoms with Gasteiger partial charge in [0.15, 0.2) is 0 Å². The number of nitrogens with one attached hydrogen (secondary N) is 1. The van der Waals surface area contributed by atoms with Crippen LogP contribution in [0.25, 0.3) is 0 Å². The molecule has 23 heavy (non-hydrogen) atoms. The fourth-order valence-corrected chi connectivity index (χ4v) is 3.90. The van der Waals surface area contributed by atoms with Gasteiger partial charge in [-0.05, 0) is 43.2 Å². The molecule has 1 unspecified atom stereocenters. The molecule has 0 saturated carbocycles. The van der Waals surface area contributed by atoms with Gasteiger partial charge in [-0.3, -0.25) is 4.79 Å². The van der Waals surface area contributed by atoms with E-state index in [-0.39, 0.29) is 11.9 Å². The van der Waals surface area contributed by atoms with Gasteiger partial charge in [0, 0.05) is 6.54 Å². The van der Waals surface area contributed by atoms with Crippen molar-refractivity contribution in [3.05, 3.63) is 35.4 Å². The van der Waals surface area contributed by atoms with Crippen molar-refractivity contribution < 1.29 is 14.4 Å². The van der Waals surface area contributed by atoms with E-state index in [0.29, 0.717) is 13.0 Å². The molecule has 2 saturated heterocycles. The number of hydrogen-bond donors (Lipinski definition) is 1. The van der Waals surface area contributed by atoms with Crippen LogP contribution in [0.5, 0.6) is 0 Å². The summed E-state index contributed by atoms with van der Waals surface area (Å²) in [5, 5.41) is 2.87. The summed E-state index contributed by atoms with van der Waals surface area (Å²) in [6.45, 7) is 0.561. The molecule has 1 aromatic rings. The number of benzene rings is 1. The number of carbonyl (C=O) groups excluding carboxylic acids is 3. The van der Waals surface area contributed by atoms with E-state index in [0.717, 1.165) is 36.1 Å². The van der Waals surface area contributed by atoms with Crippen LogP contribution in [0.2, 0.25) is 0 Å². The molecule has 0 aromatic heterocycles. The second-order valence-corrected chi connectivity index (χ2v) is 6.40. The number of rotatable bonds is 1. The summed E-state index contributed by atoms with van der Waals surface area (Å²) in [6, 6.07) is 6.33. The highest BCUT2D eigenvalue weighted by molar-refractivity contribution is 6.16. The van der Waals surface area contributed by atoms with Gasteiger partial charge >= 0.3 is 12.1 Å². The van der Waals surface area contributed by atoms with Crippen molar-refractivity contribution in [2.24, 2.45) is 0 Å². The Hall–Kier alpha value is -2.37. The van der Waals surface area contributed by atoms with Crippen molar-refractivity contribution in [1.82, 2.24) is 15.1 Å². The fourth-order valence-electron chi connectivity index (χ4n) is 3.90. The minimum absolute atomic E-state index is 0.128. The molecule has 6 heteroatoms. The first kappa shape index (κ1) is 14.2. The Morgan fingerprint density at radius 2 is 1.96 bits per heavy atom. The predicted octanol–water partition coefficient (Wildman–Crippen LogP) is 2.20. The smallest absolute Gasteiger partial charge is 0.330 e. The number of piperidine rings is 1. The van der Waals surface area contributed by atoms with E-state index in [1.165, 1.54) is 10.5 Å². The average Bonchev–Trinajstić information content (AvgIpc) is 3.08. The van der Waals surface area contributed by atoms with Gasteiger partial charge in [-0.15, -0.1) is 0 Å². The predicted molar refractivity (Wildman–Crippen MR) is 82.6 cm³/mol. The number of amides is 5. The Kier molecular flexibility index (Phi) is 3.32. The monoisotopic (exact) mass is 313 g/mol. The normalized spacial score (nSPS) is 26.3. The summed E-state index contributed by atoms with van der Waals surface area (Å²) in [4.78, 5) is 39.7. The first-order chi connectivity index (χ1) is 11.2. The molecule has 2 heterocycles. The van der Waals surface area contributed by atoms with Gasteiger partial charge in [0.25, 0.3) is 5.91 Å². The number of hydrogen-bond acceptors (Lipinski definition) is 3. The standard InChI is InChI=1S/C17H19N3O3/c21-15-14-7-3-4-10-19(14)17(23)20(15)16(22)18-13-9-8-11-5-1-2-6-12(11)13/h1-2,5-6,13-14H,3-4,7-10H2,(H,18,22)/t13?,14-/m0/s1. The van der Waals surface area contributed by atoms with E-state index in [4.69, 9.17) is 0 Å². The highest BCUT2D eigenvalue weighted by Gasteiger charge is 2.49. The van der Waals surface area contributed by atoms with Crippen LogP contribution in [0.1, 0.15) is 42.9 Å². The van der Waals surface area contributed by atoms with E-state index < -0.39 is 18.1 Å². The maximum Gasteiger partial charge on any atom is 0.335 e. The largest absolute Gasteiger partial charge is 0.335 e. The Balaban J connectivity index is 1.52. The third kappa shape index (κ3) is 2.20. The van der Waals surface area contributed by atoms with Crippen LogP contribution in [0, 0.1) is 0 Å². The van der Waals surface area contributed by atoms with E-state index in [1.54, 1.807) is 0 Å². The van der Waals surface area contributed by atoms with Crippen LogP contribution < -0.4 is 5.32 Å². The number of aryl methyl sites for hydroxylation is 1. The topological polar surface area (TPSA) is 69.7 Å². The lowest BCUT2D eigenvalue weighted by atomic mass is 10.0. The quantitative estimate of drug-likeness (QED) is 0.808. The summed E-state index contributed by atoms with van der Waals surface area (Å²) in [5.74, 6) is -0.376. The molecule has 1 N–H and O–H groups in total. The third-order valence-electron chi connectivity index (χ3n) is 5.08. The molecule has 0 spiro atoms. The molecule has 2 fully saturated rings. The number of fused-ring (bicyclic) bond motifs is 2. The maximum atomic E-state index is 12.5. The lowest BCUT2D eigenvalue weighted by molar-refractivity contribution is -0.126. The molecule has 6 nitrogen and oxygen atoms in total. The highest BCUT2D eigenvalue weighted by atomic mass is 16.2. The van der Waals surface area contributed by atoms with Gasteiger partial charge in [-0.25, -0.2) is 9.59 Å². The van der Waals surface area contributed by atoms with Crippen molar-refractivity contribution in [1.29, 1.82) is 0 Å². The van der Waals surface area contributed by atoms with E-state index in [1.807, 2.05) is 24.3 Å². The average molecular weight is 313 g/mol. The second kappa shape index (κ2) is 5.37. The first-order valence-electron chi connectivity index (χ1n) is 8.19. The SMILES string of the molecule is O=C(NC1CCc2ccccc21)N1C(=O)[C@@H]2CCCCN2C1=O. The second-order valence-electron chi connectivity index (χ2n) is 6.40. The molecule has 120 valence electrons. The maximum absolute atomic E-state index is 12.5. The molecule has 2 aliphatic heterocycles. The lowest BCUT2D eigenvalue weighted by Crippen LogP contribution is -2.45. The zero-order valence-corrected chi connectivity index (χ0v) is 12.8. The van der Waals surface area contributed by atoms with Gasteiger partial charge in [0.05, 0.1) is 6.04 Å². The van der Waals surface area contributed by atoms with Gasteiger partial charge in [-0.2, -0.15) is 4.90 Å². The summed E-state index contributed by atoms with van der Waals surface area (Å²) in [5.41, 5.74) is 2.30. The molecule has 2 atom stereocenters. The molecule has 0 bridgehead atoms. The number of imide groups is 3. The van der Waals surface area contributed by atoms with Crippen LogP contribution in [0.4, 0.5) is 9.59 Å². The summed E-state index contributed by atoms with van der Waals surface area (Å²) in [6.07, 6.45) is 4.17. The molecule has 4 rings (SSSR count). The van der Waals surface area contributed by atoms with Crippen LogP contribution in [0.3, 0.4) is 0 Å². The summed E-state index contributed by atoms with van der Waals surface area (Å²) < 4.78 is 0. The van der Waals surface area contributed by atoms with Crippen LogP contribution in [-0.4, -0.2) is 40.4 Å². The van der Waals surface area contributed by atoms with Crippen molar-refractivity contribution in [3.63, 3.8) is 0 Å². The van der Waals surface area contributed by atoms with Crippen LogP contribution in [-0.2, 0) is 11.2 Å². The van der Waals surface area contributed by atoms with E-state index in [2.05, 4.69) is 5.32 Å². The highest BCUT2D eigenvalue weighted by Crippen LogP contribution is 2.32. The van der Waals surface area contributed by atoms with Crippen molar-refractivity contribution in [3.8, 4) is 0 Å². The number of urea groups is 2. The third-order valence-corrected chi connectivity index (χ3v) is 5.08. The Morgan fingerprint density at radius 1 is 1.13 bits per heavy atom. The zero-order valence-electron chi connectivity index (χ0n) is 12.8. The number of nitrogens with zero attached hydrogens (tertiary/aromatic N) is 2. The minimum Gasteiger partial charge on any atom is -0.330 e. The molecular formula is C17H19N3O3. The summed E-state index contributed by atoms with van der Waals surface area (Å²) in [7, 11) is 0. The van der Waals surface area contributed by atoms with Crippen molar-refractivity contribution >= 4 is 18.0 Å². The Bertz CT molecular complexity index is 663. The van der Waals surface area contributed by atoms with Crippen molar-refractivity contribution in [2.45, 2.75) is 44.2 Å². The van der Waals surface area contributed by atoms with Gasteiger partial charge in [-0.1, -0.05) is 24.3 Å².